The Morgan fingerprint density at radius 2 is 2.00 bits per heavy atom. The van der Waals surface area contributed by atoms with E-state index in [-0.39, 0.29) is 22.1 Å². The number of anilines is 1. The molecule has 2 aromatic rings. The molecule has 0 aliphatic carbocycles. The summed E-state index contributed by atoms with van der Waals surface area (Å²) < 4.78 is 42.9. The maximum atomic E-state index is 12.5. The van der Waals surface area contributed by atoms with Gasteiger partial charge >= 0.3 is 12.1 Å². The SMILES string of the molecule is COC(=O)c1ccc(C(=O)Nc2nc(C(F)(F)F)nn2C)cc1Cl. The summed E-state index contributed by atoms with van der Waals surface area (Å²) in [5, 5.41) is 5.32. The van der Waals surface area contributed by atoms with Crippen molar-refractivity contribution in [2.45, 2.75) is 6.18 Å². The highest BCUT2D eigenvalue weighted by atomic mass is 35.5. The summed E-state index contributed by atoms with van der Waals surface area (Å²) >= 11 is 5.88. The Hall–Kier alpha value is -2.62. The molecule has 0 unspecified atom stereocenters. The molecular formula is C13H10ClF3N4O3. The Morgan fingerprint density at radius 1 is 1.33 bits per heavy atom. The van der Waals surface area contributed by atoms with E-state index >= 15 is 0 Å². The van der Waals surface area contributed by atoms with Gasteiger partial charge in [-0.1, -0.05) is 11.6 Å². The quantitative estimate of drug-likeness (QED) is 0.848. The third-order valence-electron chi connectivity index (χ3n) is 2.88. The van der Waals surface area contributed by atoms with E-state index in [0.29, 0.717) is 0 Å². The van der Waals surface area contributed by atoms with Crippen LogP contribution in [0.25, 0.3) is 0 Å². The second kappa shape index (κ2) is 6.48. The zero-order chi connectivity index (χ0) is 18.1. The zero-order valence-corrected chi connectivity index (χ0v) is 13.1. The summed E-state index contributed by atoms with van der Waals surface area (Å²) in [5.74, 6) is -3.22. The summed E-state index contributed by atoms with van der Waals surface area (Å²) in [6, 6.07) is 3.72. The fraction of sp³-hybridized carbons (Fsp3) is 0.231. The number of halogens is 4. The van der Waals surface area contributed by atoms with Crippen LogP contribution in [0.2, 0.25) is 5.02 Å². The minimum atomic E-state index is -4.73. The van der Waals surface area contributed by atoms with Crippen LogP contribution in [0.4, 0.5) is 19.1 Å². The predicted molar refractivity (Wildman–Crippen MR) is 76.7 cm³/mol. The molecule has 0 aliphatic rings. The number of hydrogen-bond donors (Lipinski definition) is 1. The number of nitrogens with one attached hydrogen (secondary N) is 1. The van der Waals surface area contributed by atoms with Crippen molar-refractivity contribution in [2.24, 2.45) is 7.05 Å². The molecule has 2 rings (SSSR count). The van der Waals surface area contributed by atoms with E-state index in [1.165, 1.54) is 32.4 Å². The molecule has 128 valence electrons. The van der Waals surface area contributed by atoms with Crippen molar-refractivity contribution < 1.29 is 27.5 Å². The van der Waals surface area contributed by atoms with Crippen molar-refractivity contribution in [3.63, 3.8) is 0 Å². The van der Waals surface area contributed by atoms with Crippen LogP contribution in [0.5, 0.6) is 0 Å². The Kier molecular flexibility index (Phi) is 4.78. The second-order valence-corrected chi connectivity index (χ2v) is 4.93. The second-order valence-electron chi connectivity index (χ2n) is 4.52. The number of carbonyl (C=O) groups excluding carboxylic acids is 2. The maximum Gasteiger partial charge on any atom is 0.453 e. The highest BCUT2D eigenvalue weighted by molar-refractivity contribution is 6.34. The molecular weight excluding hydrogens is 353 g/mol. The molecule has 0 saturated heterocycles. The Morgan fingerprint density at radius 3 is 2.50 bits per heavy atom. The number of alkyl halides is 3. The van der Waals surface area contributed by atoms with Gasteiger partial charge in [0.25, 0.3) is 11.7 Å². The molecule has 1 aromatic carbocycles. The van der Waals surface area contributed by atoms with Crippen molar-refractivity contribution in [2.75, 3.05) is 12.4 Å². The number of methoxy groups -OCH3 is 1. The van der Waals surface area contributed by atoms with Gasteiger partial charge in [0.2, 0.25) is 5.95 Å². The lowest BCUT2D eigenvalue weighted by Gasteiger charge is -2.06. The number of amides is 1. The minimum Gasteiger partial charge on any atom is -0.465 e. The van der Waals surface area contributed by atoms with Crippen LogP contribution in [0.3, 0.4) is 0 Å². The molecule has 1 amide bonds. The van der Waals surface area contributed by atoms with Gasteiger partial charge in [-0.15, -0.1) is 5.10 Å². The fourth-order valence-electron chi connectivity index (χ4n) is 1.72. The van der Waals surface area contributed by atoms with Crippen LogP contribution in [0, 0.1) is 0 Å². The molecule has 1 aromatic heterocycles. The molecule has 0 radical (unpaired) electrons. The number of aryl methyl sites for hydroxylation is 1. The van der Waals surface area contributed by atoms with Gasteiger partial charge in [0.05, 0.1) is 17.7 Å². The molecule has 0 fully saturated rings. The van der Waals surface area contributed by atoms with Gasteiger partial charge in [-0.25, -0.2) is 9.48 Å². The molecule has 24 heavy (non-hydrogen) atoms. The number of nitrogens with zero attached hydrogens (tertiary/aromatic N) is 3. The number of hydrogen-bond acceptors (Lipinski definition) is 5. The van der Waals surface area contributed by atoms with Gasteiger partial charge in [0, 0.05) is 12.6 Å². The number of esters is 1. The molecule has 0 aliphatic heterocycles. The lowest BCUT2D eigenvalue weighted by Crippen LogP contribution is -2.16. The molecule has 0 saturated carbocycles. The van der Waals surface area contributed by atoms with Crippen molar-refractivity contribution in [1.29, 1.82) is 0 Å². The average molecular weight is 363 g/mol. The van der Waals surface area contributed by atoms with Crippen LogP contribution in [0.1, 0.15) is 26.5 Å². The number of aromatic nitrogens is 3. The van der Waals surface area contributed by atoms with E-state index in [1.807, 2.05) is 0 Å². The topological polar surface area (TPSA) is 86.1 Å². The van der Waals surface area contributed by atoms with Crippen molar-refractivity contribution in [3.05, 3.63) is 40.2 Å². The first-order valence-electron chi connectivity index (χ1n) is 6.31. The van der Waals surface area contributed by atoms with E-state index in [4.69, 9.17) is 11.6 Å². The highest BCUT2D eigenvalue weighted by Gasteiger charge is 2.37. The van der Waals surface area contributed by atoms with Crippen LogP contribution in [0.15, 0.2) is 18.2 Å². The fourth-order valence-corrected chi connectivity index (χ4v) is 1.98. The van der Waals surface area contributed by atoms with E-state index in [2.05, 4.69) is 20.1 Å². The monoisotopic (exact) mass is 362 g/mol. The Bertz CT molecular complexity index is 804. The summed E-state index contributed by atoms with van der Waals surface area (Å²) in [6.45, 7) is 0. The minimum absolute atomic E-state index is 0.0178. The summed E-state index contributed by atoms with van der Waals surface area (Å²) in [6.07, 6.45) is -4.73. The smallest absolute Gasteiger partial charge is 0.453 e. The molecule has 0 atom stereocenters. The van der Waals surface area contributed by atoms with Crippen LogP contribution in [-0.2, 0) is 18.0 Å². The van der Waals surface area contributed by atoms with Crippen LogP contribution in [-0.4, -0.2) is 33.8 Å². The van der Waals surface area contributed by atoms with Gasteiger partial charge in [-0.05, 0) is 18.2 Å². The van der Waals surface area contributed by atoms with Gasteiger partial charge in [0.15, 0.2) is 0 Å². The van der Waals surface area contributed by atoms with Gasteiger partial charge in [-0.3, -0.25) is 10.1 Å². The molecule has 0 bridgehead atoms. The van der Waals surface area contributed by atoms with Crippen molar-refractivity contribution in [3.8, 4) is 0 Å². The third kappa shape index (κ3) is 3.65. The van der Waals surface area contributed by atoms with Gasteiger partial charge < -0.3 is 4.74 Å². The standard InChI is InChI=1S/C13H10ClF3N4O3/c1-21-12(19-11(20-21)13(15,16)17)18-9(22)6-3-4-7(8(14)5-6)10(23)24-2/h3-5H,1-2H3,(H,18,19,20,22). The number of rotatable bonds is 3. The van der Waals surface area contributed by atoms with Crippen molar-refractivity contribution in [1.82, 2.24) is 14.8 Å². The van der Waals surface area contributed by atoms with Crippen LogP contribution >= 0.6 is 11.6 Å². The first-order valence-corrected chi connectivity index (χ1v) is 6.68. The third-order valence-corrected chi connectivity index (χ3v) is 3.19. The largest absolute Gasteiger partial charge is 0.465 e. The van der Waals surface area contributed by atoms with Gasteiger partial charge in [-0.2, -0.15) is 18.2 Å². The lowest BCUT2D eigenvalue weighted by atomic mass is 10.1. The highest BCUT2D eigenvalue weighted by Crippen LogP contribution is 2.27. The van der Waals surface area contributed by atoms with E-state index in [9.17, 15) is 22.8 Å². The normalized spacial score (nSPS) is 11.2. The number of benzene rings is 1. The molecule has 1 N–H and O–H groups in total. The van der Waals surface area contributed by atoms with Gasteiger partial charge in [0.1, 0.15) is 0 Å². The molecule has 11 heteroatoms. The Labute approximate surface area is 138 Å². The maximum absolute atomic E-state index is 12.5. The van der Waals surface area contributed by atoms with E-state index in [0.717, 1.165) is 4.68 Å². The number of carbonyl (C=O) groups is 2. The first-order chi connectivity index (χ1) is 11.1. The molecule has 1 heterocycles. The summed E-state index contributed by atoms with van der Waals surface area (Å²) in [4.78, 5) is 26.7. The molecule has 7 nitrogen and oxygen atoms in total. The predicted octanol–water partition coefficient (Wildman–Crippen LogP) is 2.53. The zero-order valence-electron chi connectivity index (χ0n) is 12.3. The Balaban J connectivity index is 2.23. The van der Waals surface area contributed by atoms with Crippen molar-refractivity contribution >= 4 is 29.4 Å². The van der Waals surface area contributed by atoms with E-state index < -0.39 is 23.9 Å². The van der Waals surface area contributed by atoms with Crippen LogP contribution < -0.4 is 5.32 Å². The van der Waals surface area contributed by atoms with E-state index in [1.54, 1.807) is 0 Å². The number of ether oxygens (including phenoxy) is 1. The first kappa shape index (κ1) is 17.7. The average Bonchev–Trinajstić information content (AvgIpc) is 2.87. The summed E-state index contributed by atoms with van der Waals surface area (Å²) in [7, 11) is 2.37. The molecule has 0 spiro atoms. The lowest BCUT2D eigenvalue weighted by molar-refractivity contribution is -0.144. The summed E-state index contributed by atoms with van der Waals surface area (Å²) in [5.41, 5.74) is 0.0675.